The number of fused-ring (bicyclic) bond motifs is 1. The predicted molar refractivity (Wildman–Crippen MR) is 133 cm³/mol. The summed E-state index contributed by atoms with van der Waals surface area (Å²) in [6.07, 6.45) is 1.18. The minimum Gasteiger partial charge on any atom is -0.390 e. The Morgan fingerprint density at radius 3 is 2.67 bits per heavy atom. The Balaban J connectivity index is 1.45. The van der Waals surface area contributed by atoms with E-state index in [0.29, 0.717) is 72.6 Å². The van der Waals surface area contributed by atoms with Gasteiger partial charge in [-0.1, -0.05) is 11.6 Å². The molecule has 4 heterocycles. The van der Waals surface area contributed by atoms with Crippen LogP contribution < -0.4 is 15.5 Å². The Kier molecular flexibility index (Phi) is 6.51. The molecule has 0 amide bonds. The molecule has 2 atom stereocenters. The normalized spacial score (nSPS) is 20.6. The average Bonchev–Trinajstić information content (AvgIpc) is 3.27. The molecule has 2 aromatic heterocycles. The maximum Gasteiger partial charge on any atom is 0.247 e. The Bertz CT molecular complexity index is 1370. The van der Waals surface area contributed by atoms with Crippen molar-refractivity contribution in [3.8, 4) is 12.1 Å². The third-order valence-electron chi connectivity index (χ3n) is 6.50. The number of halogens is 1. The fourth-order valence-electron chi connectivity index (χ4n) is 4.73. The van der Waals surface area contributed by atoms with Crippen molar-refractivity contribution in [3.05, 3.63) is 34.6 Å². The quantitative estimate of drug-likeness (QED) is 0.379. The Hall–Kier alpha value is -3.68. The highest BCUT2D eigenvalue weighted by Crippen LogP contribution is 2.38. The second kappa shape index (κ2) is 9.76. The number of benzene rings is 1. The molecule has 13 heteroatoms. The molecular formula is C23H25ClN10O2. The summed E-state index contributed by atoms with van der Waals surface area (Å²) in [5.41, 5.74) is 2.09. The molecule has 0 spiro atoms. The molecule has 0 aliphatic carbocycles. The first-order valence-electron chi connectivity index (χ1n) is 11.7. The summed E-state index contributed by atoms with van der Waals surface area (Å²) in [4.78, 5) is 12.8. The smallest absolute Gasteiger partial charge is 0.247 e. The zero-order chi connectivity index (χ0) is 25.4. The molecule has 2 unspecified atom stereocenters. The van der Waals surface area contributed by atoms with Gasteiger partial charge in [0.25, 0.3) is 0 Å². The van der Waals surface area contributed by atoms with Gasteiger partial charge in [-0.2, -0.15) is 20.0 Å². The standard InChI is InChI=1S/C23H25ClN10O2/c1-2-27-21-22-28-9-14(8-26)34(22)31-23(30-21)29-16-5-13(7-25)6-18(20(16)24)32-4-3-17(19(36)12-32)33-10-15(35)11-33/h5-6,9,15,17,19,35-36H,2-4,10-12H2,1H3,(H2,27,29,30,31). The summed E-state index contributed by atoms with van der Waals surface area (Å²) in [6, 6.07) is 7.51. The first kappa shape index (κ1) is 24.0. The Morgan fingerprint density at radius 1 is 1.19 bits per heavy atom. The summed E-state index contributed by atoms with van der Waals surface area (Å²) in [5, 5.41) is 50.5. The topological polar surface area (TPSA) is 162 Å². The number of piperidine rings is 1. The van der Waals surface area contributed by atoms with Gasteiger partial charge in [0.2, 0.25) is 5.95 Å². The number of anilines is 4. The number of imidazole rings is 1. The van der Waals surface area contributed by atoms with Crippen LogP contribution in [-0.4, -0.2) is 85.7 Å². The van der Waals surface area contributed by atoms with Crippen LogP contribution in [0.5, 0.6) is 0 Å². The number of hydrogen-bond donors (Lipinski definition) is 4. The highest BCUT2D eigenvalue weighted by Gasteiger charge is 2.38. The third-order valence-corrected chi connectivity index (χ3v) is 6.89. The molecule has 1 aromatic carbocycles. The first-order chi connectivity index (χ1) is 17.4. The van der Waals surface area contributed by atoms with E-state index in [2.05, 4.69) is 42.7 Å². The molecule has 0 radical (unpaired) electrons. The van der Waals surface area contributed by atoms with Gasteiger partial charge < -0.3 is 25.7 Å². The SMILES string of the molecule is CCNc1nc(Nc2cc(C#N)cc(N3CCC(N4CC(O)C4)C(O)C3)c2Cl)nn2c(C#N)cnc12. The number of likely N-dealkylation sites (tertiary alicyclic amines) is 1. The van der Waals surface area contributed by atoms with E-state index in [0.717, 1.165) is 0 Å². The average molecular weight is 509 g/mol. The van der Waals surface area contributed by atoms with Crippen molar-refractivity contribution in [1.82, 2.24) is 24.5 Å². The van der Waals surface area contributed by atoms with Gasteiger partial charge in [-0.25, -0.2) is 4.98 Å². The predicted octanol–water partition coefficient (Wildman–Crippen LogP) is 1.31. The molecule has 0 saturated carbocycles. The number of β-amino-alcohol motifs (C(OH)–C–C–N with tert-alkyl or cyclic N) is 2. The van der Waals surface area contributed by atoms with Crippen molar-refractivity contribution in [2.75, 3.05) is 48.3 Å². The summed E-state index contributed by atoms with van der Waals surface area (Å²) < 4.78 is 1.39. The number of rotatable bonds is 6. The molecule has 0 bridgehead atoms. The van der Waals surface area contributed by atoms with Crippen LogP contribution in [0.15, 0.2) is 18.3 Å². The minimum atomic E-state index is -0.622. The van der Waals surface area contributed by atoms with Crippen LogP contribution in [0.4, 0.5) is 23.1 Å². The lowest BCUT2D eigenvalue weighted by atomic mass is 9.95. The van der Waals surface area contributed by atoms with E-state index >= 15 is 0 Å². The highest BCUT2D eigenvalue weighted by atomic mass is 35.5. The van der Waals surface area contributed by atoms with Crippen molar-refractivity contribution < 1.29 is 10.2 Å². The molecule has 12 nitrogen and oxygen atoms in total. The number of nitrogens with zero attached hydrogens (tertiary/aromatic N) is 8. The number of aliphatic hydroxyl groups is 2. The van der Waals surface area contributed by atoms with Crippen LogP contribution in [0, 0.1) is 22.7 Å². The van der Waals surface area contributed by atoms with Crippen LogP contribution in [0.25, 0.3) is 5.65 Å². The van der Waals surface area contributed by atoms with Crippen LogP contribution in [0.1, 0.15) is 24.6 Å². The zero-order valence-corrected chi connectivity index (χ0v) is 20.3. The van der Waals surface area contributed by atoms with Crippen molar-refractivity contribution in [2.45, 2.75) is 31.6 Å². The lowest BCUT2D eigenvalue weighted by Crippen LogP contribution is -2.62. The van der Waals surface area contributed by atoms with Crippen LogP contribution >= 0.6 is 11.6 Å². The lowest BCUT2D eigenvalue weighted by molar-refractivity contribution is -0.0650. The van der Waals surface area contributed by atoms with Crippen molar-refractivity contribution in [1.29, 1.82) is 10.5 Å². The summed E-state index contributed by atoms with van der Waals surface area (Å²) in [5.74, 6) is 0.622. The summed E-state index contributed by atoms with van der Waals surface area (Å²) >= 11 is 6.80. The number of aliphatic hydroxyl groups excluding tert-OH is 2. The van der Waals surface area contributed by atoms with E-state index in [4.69, 9.17) is 11.6 Å². The maximum atomic E-state index is 10.8. The fraction of sp³-hybridized carbons (Fsp3) is 0.435. The molecule has 2 fully saturated rings. The van der Waals surface area contributed by atoms with Crippen molar-refractivity contribution in [3.63, 3.8) is 0 Å². The van der Waals surface area contributed by atoms with Gasteiger partial charge in [0.05, 0.1) is 46.4 Å². The molecule has 2 aliphatic rings. The molecular weight excluding hydrogens is 484 g/mol. The maximum absolute atomic E-state index is 10.8. The Morgan fingerprint density at radius 2 is 2.00 bits per heavy atom. The van der Waals surface area contributed by atoms with E-state index < -0.39 is 6.10 Å². The van der Waals surface area contributed by atoms with Crippen molar-refractivity contribution in [2.24, 2.45) is 0 Å². The zero-order valence-electron chi connectivity index (χ0n) is 19.6. The molecule has 4 N–H and O–H groups in total. The number of nitrogens with one attached hydrogen (secondary N) is 2. The van der Waals surface area contributed by atoms with Gasteiger partial charge in [-0.05, 0) is 25.5 Å². The van der Waals surface area contributed by atoms with Gasteiger partial charge in [0.15, 0.2) is 17.2 Å². The van der Waals surface area contributed by atoms with E-state index in [1.807, 2.05) is 11.8 Å². The van der Waals surface area contributed by atoms with Gasteiger partial charge in [0.1, 0.15) is 6.07 Å². The second-order valence-corrected chi connectivity index (χ2v) is 9.25. The summed E-state index contributed by atoms with van der Waals surface area (Å²) in [7, 11) is 0. The van der Waals surface area contributed by atoms with E-state index in [9.17, 15) is 20.7 Å². The van der Waals surface area contributed by atoms with E-state index in [1.54, 1.807) is 12.1 Å². The second-order valence-electron chi connectivity index (χ2n) is 8.88. The molecule has 2 saturated heterocycles. The lowest BCUT2D eigenvalue weighted by Gasteiger charge is -2.48. The molecule has 5 rings (SSSR count). The van der Waals surface area contributed by atoms with Crippen LogP contribution in [0.3, 0.4) is 0 Å². The summed E-state index contributed by atoms with van der Waals surface area (Å²) in [6.45, 7) is 4.63. The third kappa shape index (κ3) is 4.36. The largest absolute Gasteiger partial charge is 0.390 e. The highest BCUT2D eigenvalue weighted by molar-refractivity contribution is 6.36. The molecule has 3 aromatic rings. The molecule has 36 heavy (non-hydrogen) atoms. The fourth-order valence-corrected chi connectivity index (χ4v) is 5.01. The van der Waals surface area contributed by atoms with Crippen LogP contribution in [-0.2, 0) is 0 Å². The minimum absolute atomic E-state index is 0.0192. The monoisotopic (exact) mass is 508 g/mol. The Labute approximate surface area is 212 Å². The van der Waals surface area contributed by atoms with E-state index in [-0.39, 0.29) is 23.8 Å². The molecule has 2 aliphatic heterocycles. The van der Waals surface area contributed by atoms with Crippen LogP contribution in [0.2, 0.25) is 5.02 Å². The first-order valence-corrected chi connectivity index (χ1v) is 12.0. The number of aromatic nitrogens is 4. The van der Waals surface area contributed by atoms with Gasteiger partial charge in [-0.15, -0.1) is 5.10 Å². The van der Waals surface area contributed by atoms with Gasteiger partial charge in [0, 0.05) is 38.8 Å². The van der Waals surface area contributed by atoms with Gasteiger partial charge in [-0.3, -0.25) is 4.90 Å². The van der Waals surface area contributed by atoms with Crippen molar-refractivity contribution >= 4 is 40.4 Å². The molecule has 186 valence electrons. The number of nitriles is 2. The van der Waals surface area contributed by atoms with E-state index in [1.165, 1.54) is 10.7 Å². The number of hydrogen-bond acceptors (Lipinski definition) is 11. The van der Waals surface area contributed by atoms with Gasteiger partial charge >= 0.3 is 0 Å².